The van der Waals surface area contributed by atoms with Crippen molar-refractivity contribution in [2.45, 2.75) is 6.10 Å². The normalized spacial score (nSPS) is 12.6. The molecule has 0 radical (unpaired) electrons. The van der Waals surface area contributed by atoms with Gasteiger partial charge in [0.05, 0.1) is 0 Å². The predicted molar refractivity (Wildman–Crippen MR) is 55.1 cm³/mol. The molecule has 1 nitrogen and oxygen atoms in total. The van der Waals surface area contributed by atoms with Gasteiger partial charge in [-0.1, -0.05) is 35.4 Å². The Morgan fingerprint density at radius 1 is 1.25 bits per heavy atom. The highest BCUT2D eigenvalue weighted by atomic mass is 35.5. The van der Waals surface area contributed by atoms with Gasteiger partial charge in [-0.15, -0.1) is 0 Å². The molecule has 1 aromatic carbocycles. The van der Waals surface area contributed by atoms with Gasteiger partial charge < -0.3 is 5.11 Å². The molecule has 0 bridgehead atoms. The zero-order valence-electron chi connectivity index (χ0n) is 6.00. The summed E-state index contributed by atoms with van der Waals surface area (Å²) in [7, 11) is 0. The fourth-order valence-electron chi connectivity index (χ4n) is 0.824. The van der Waals surface area contributed by atoms with E-state index in [1.54, 1.807) is 18.2 Å². The van der Waals surface area contributed by atoms with Crippen LogP contribution in [0.2, 0.25) is 10.0 Å². The Balaban J connectivity index is 3.08. The first-order valence-corrected chi connectivity index (χ1v) is 4.45. The lowest BCUT2D eigenvalue weighted by atomic mass is 10.1. The Kier molecular flexibility index (Phi) is 3.47. The summed E-state index contributed by atoms with van der Waals surface area (Å²) < 4.78 is 0. The standard InChI is InChI=1S/C8H6Cl2OS/c9-6-1-5(8(11)4-12)2-7(10)3-6/h1-4,8,11H. The topological polar surface area (TPSA) is 20.2 Å². The largest absolute Gasteiger partial charge is 0.383 e. The fourth-order valence-corrected chi connectivity index (χ4v) is 1.52. The van der Waals surface area contributed by atoms with E-state index < -0.39 is 6.10 Å². The van der Waals surface area contributed by atoms with E-state index in [1.165, 1.54) is 5.37 Å². The molecule has 1 rings (SSSR count). The minimum Gasteiger partial charge on any atom is -0.383 e. The molecule has 1 aromatic rings. The summed E-state index contributed by atoms with van der Waals surface area (Å²) in [4.78, 5) is 0. The summed E-state index contributed by atoms with van der Waals surface area (Å²) in [5.41, 5.74) is 0.613. The first-order valence-electron chi connectivity index (χ1n) is 3.23. The molecule has 0 fully saturated rings. The van der Waals surface area contributed by atoms with Crippen molar-refractivity contribution in [3.05, 3.63) is 33.8 Å². The van der Waals surface area contributed by atoms with Gasteiger partial charge in [-0.05, 0) is 23.8 Å². The molecule has 1 unspecified atom stereocenters. The Labute approximate surface area is 85.9 Å². The van der Waals surface area contributed by atoms with Gasteiger partial charge >= 0.3 is 0 Å². The summed E-state index contributed by atoms with van der Waals surface area (Å²) in [6.07, 6.45) is -0.781. The van der Waals surface area contributed by atoms with Crippen molar-refractivity contribution >= 4 is 40.8 Å². The number of benzene rings is 1. The van der Waals surface area contributed by atoms with Crippen molar-refractivity contribution in [2.24, 2.45) is 0 Å². The van der Waals surface area contributed by atoms with Crippen molar-refractivity contribution in [3.8, 4) is 0 Å². The van der Waals surface area contributed by atoms with E-state index in [1.807, 2.05) is 0 Å². The first kappa shape index (κ1) is 9.93. The molecule has 0 aliphatic carbocycles. The van der Waals surface area contributed by atoms with Gasteiger partial charge in [-0.25, -0.2) is 0 Å². The van der Waals surface area contributed by atoms with E-state index in [4.69, 9.17) is 23.2 Å². The SMILES string of the molecule is OC(C=S)c1cc(Cl)cc(Cl)c1. The lowest BCUT2D eigenvalue weighted by Crippen LogP contribution is -1.96. The molecule has 0 spiro atoms. The third kappa shape index (κ3) is 2.42. The molecule has 0 aliphatic heterocycles. The molecule has 0 aromatic heterocycles. The fraction of sp³-hybridized carbons (Fsp3) is 0.125. The second-order valence-electron chi connectivity index (χ2n) is 2.28. The Morgan fingerprint density at radius 3 is 2.17 bits per heavy atom. The monoisotopic (exact) mass is 220 g/mol. The van der Waals surface area contributed by atoms with Crippen molar-refractivity contribution < 1.29 is 5.11 Å². The van der Waals surface area contributed by atoms with E-state index in [0.717, 1.165) is 0 Å². The third-order valence-corrected chi connectivity index (χ3v) is 2.05. The lowest BCUT2D eigenvalue weighted by molar-refractivity contribution is 0.255. The third-order valence-electron chi connectivity index (χ3n) is 1.36. The van der Waals surface area contributed by atoms with Crippen LogP contribution in [0.25, 0.3) is 0 Å². The molecule has 0 aliphatic rings. The maximum Gasteiger partial charge on any atom is 0.107 e. The second kappa shape index (κ2) is 4.19. The average Bonchev–Trinajstić information content (AvgIpc) is 2.01. The maximum atomic E-state index is 9.30. The summed E-state index contributed by atoms with van der Waals surface area (Å²) in [6, 6.07) is 4.85. The van der Waals surface area contributed by atoms with Gasteiger partial charge in [0.15, 0.2) is 0 Å². The van der Waals surface area contributed by atoms with E-state index in [2.05, 4.69) is 12.2 Å². The minimum absolute atomic E-state index is 0.494. The van der Waals surface area contributed by atoms with Gasteiger partial charge in [0.2, 0.25) is 0 Å². The maximum absolute atomic E-state index is 9.30. The first-order chi connectivity index (χ1) is 5.63. The molecule has 0 saturated heterocycles. The Bertz CT molecular complexity index is 281. The van der Waals surface area contributed by atoms with E-state index >= 15 is 0 Å². The number of halogens is 2. The van der Waals surface area contributed by atoms with Crippen LogP contribution in [-0.4, -0.2) is 10.5 Å². The lowest BCUT2D eigenvalue weighted by Gasteiger charge is -2.05. The van der Waals surface area contributed by atoms with Crippen LogP contribution in [0.3, 0.4) is 0 Å². The number of hydrogen-bond donors (Lipinski definition) is 1. The zero-order valence-corrected chi connectivity index (χ0v) is 8.33. The van der Waals surface area contributed by atoms with Crippen molar-refractivity contribution in [1.82, 2.24) is 0 Å². The molecule has 1 atom stereocenters. The van der Waals surface area contributed by atoms with E-state index in [0.29, 0.717) is 15.6 Å². The highest BCUT2D eigenvalue weighted by molar-refractivity contribution is 7.79. The molecular weight excluding hydrogens is 215 g/mol. The van der Waals surface area contributed by atoms with E-state index in [-0.39, 0.29) is 0 Å². The molecule has 64 valence electrons. The van der Waals surface area contributed by atoms with Crippen LogP contribution in [0.1, 0.15) is 11.7 Å². The molecule has 12 heavy (non-hydrogen) atoms. The molecular formula is C8H6Cl2OS. The highest BCUT2D eigenvalue weighted by Crippen LogP contribution is 2.22. The van der Waals surface area contributed by atoms with Gasteiger partial charge in [-0.3, -0.25) is 0 Å². The molecule has 4 heteroatoms. The molecule has 0 heterocycles. The number of thiocarbonyl (C=S) groups is 1. The zero-order chi connectivity index (χ0) is 9.14. The van der Waals surface area contributed by atoms with Crippen LogP contribution in [-0.2, 0) is 0 Å². The smallest absolute Gasteiger partial charge is 0.107 e. The average molecular weight is 221 g/mol. The van der Waals surface area contributed by atoms with Crippen molar-refractivity contribution in [1.29, 1.82) is 0 Å². The van der Waals surface area contributed by atoms with Gasteiger partial charge in [-0.2, -0.15) is 0 Å². The van der Waals surface area contributed by atoms with Crippen molar-refractivity contribution in [2.75, 3.05) is 0 Å². The number of hydrogen-bond acceptors (Lipinski definition) is 2. The molecule has 0 saturated carbocycles. The summed E-state index contributed by atoms with van der Waals surface area (Å²) in [6.45, 7) is 0. The van der Waals surface area contributed by atoms with Gasteiger partial charge in [0.1, 0.15) is 6.10 Å². The van der Waals surface area contributed by atoms with Crippen LogP contribution in [0.4, 0.5) is 0 Å². The van der Waals surface area contributed by atoms with Crippen LogP contribution in [0.15, 0.2) is 18.2 Å². The summed E-state index contributed by atoms with van der Waals surface area (Å²) in [5, 5.41) is 11.5. The Hall–Kier alpha value is -0.150. The minimum atomic E-state index is -0.781. The number of aliphatic hydroxyl groups is 1. The number of aliphatic hydroxyl groups excluding tert-OH is 1. The molecule has 1 N–H and O–H groups in total. The summed E-state index contributed by atoms with van der Waals surface area (Å²) in [5.74, 6) is 0. The molecule has 0 amide bonds. The second-order valence-corrected chi connectivity index (χ2v) is 3.43. The van der Waals surface area contributed by atoms with Crippen LogP contribution in [0.5, 0.6) is 0 Å². The van der Waals surface area contributed by atoms with Gasteiger partial charge in [0.25, 0.3) is 0 Å². The highest BCUT2D eigenvalue weighted by Gasteiger charge is 2.05. The van der Waals surface area contributed by atoms with E-state index in [9.17, 15) is 5.11 Å². The van der Waals surface area contributed by atoms with Crippen molar-refractivity contribution in [3.63, 3.8) is 0 Å². The van der Waals surface area contributed by atoms with Crippen LogP contribution in [0, 0.1) is 0 Å². The Morgan fingerprint density at radius 2 is 1.75 bits per heavy atom. The summed E-state index contributed by atoms with van der Waals surface area (Å²) >= 11 is 16.0. The predicted octanol–water partition coefficient (Wildman–Crippen LogP) is 3.03. The van der Waals surface area contributed by atoms with Gasteiger partial charge in [0, 0.05) is 15.4 Å². The van der Waals surface area contributed by atoms with Crippen LogP contribution >= 0.6 is 35.4 Å². The van der Waals surface area contributed by atoms with Crippen LogP contribution < -0.4 is 0 Å². The quantitative estimate of drug-likeness (QED) is 0.774. The number of rotatable bonds is 2.